The molecule has 1 unspecified atom stereocenters. The molecule has 1 aromatic carbocycles. The van der Waals surface area contributed by atoms with E-state index < -0.39 is 37.3 Å². The number of nitrogens with zero attached hydrogens (tertiary/aromatic N) is 2. The first-order valence-corrected chi connectivity index (χ1v) is 12.5. The van der Waals surface area contributed by atoms with E-state index in [2.05, 4.69) is 9.21 Å². The third kappa shape index (κ3) is 6.38. The fraction of sp³-hybridized carbons (Fsp3) is 0.455. The average molecular weight is 550 g/mol. The molecule has 2 aromatic rings. The lowest BCUT2D eigenvalue weighted by atomic mass is 9.88. The summed E-state index contributed by atoms with van der Waals surface area (Å²) in [5, 5.41) is 15.8. The van der Waals surface area contributed by atoms with Gasteiger partial charge in [-0.15, -0.1) is 15.7 Å². The topological polar surface area (TPSA) is 97.1 Å². The van der Waals surface area contributed by atoms with E-state index in [4.69, 9.17) is 11.7 Å². The average Bonchev–Trinajstić information content (AvgIpc) is 3.40. The number of carbonyl (C=O) groups is 1. The molecular weight excluding hydrogens is 521 g/mol. The summed E-state index contributed by atoms with van der Waals surface area (Å²) in [7, 11) is -3.91. The minimum Gasteiger partial charge on any atom is -0.385 e. The van der Waals surface area contributed by atoms with Crippen molar-refractivity contribution in [2.24, 2.45) is 9.50 Å². The van der Waals surface area contributed by atoms with Gasteiger partial charge >= 0.3 is 0 Å². The number of halogens is 2. The van der Waals surface area contributed by atoms with E-state index in [1.807, 2.05) is 0 Å². The molecule has 0 radical (unpaired) electrons. The number of rotatable bonds is 6. The Morgan fingerprint density at radius 1 is 1.35 bits per heavy atom. The Kier molecular flexibility index (Phi) is 9.93. The highest BCUT2D eigenvalue weighted by molar-refractivity contribution is 7.93. The summed E-state index contributed by atoms with van der Waals surface area (Å²) < 4.78 is 45.5. The summed E-state index contributed by atoms with van der Waals surface area (Å²) in [6.45, 7) is 13.7. The summed E-state index contributed by atoms with van der Waals surface area (Å²) in [6, 6.07) is 2.50. The first kappa shape index (κ1) is 30.5. The molecular formula is C22H29F2N3O3S4. The van der Waals surface area contributed by atoms with E-state index in [9.17, 15) is 22.9 Å². The number of benzene rings is 1. The normalized spacial score (nSPS) is 15.1. The van der Waals surface area contributed by atoms with Gasteiger partial charge in [0.25, 0.3) is 5.91 Å². The second-order valence-corrected chi connectivity index (χ2v) is 11.8. The van der Waals surface area contributed by atoms with Gasteiger partial charge in [-0.3, -0.25) is 4.79 Å². The second kappa shape index (κ2) is 11.1. The highest BCUT2D eigenvalue weighted by atomic mass is 32.2. The predicted molar refractivity (Wildman–Crippen MR) is 141 cm³/mol. The quantitative estimate of drug-likeness (QED) is 0.466. The van der Waals surface area contributed by atoms with E-state index in [-0.39, 0.29) is 61.4 Å². The van der Waals surface area contributed by atoms with Gasteiger partial charge in [-0.25, -0.2) is 23.0 Å². The highest BCUT2D eigenvalue weighted by Crippen LogP contribution is 2.46. The van der Waals surface area contributed by atoms with Crippen LogP contribution in [0, 0.1) is 18.2 Å². The van der Waals surface area contributed by atoms with Crippen molar-refractivity contribution in [1.29, 1.82) is 0 Å². The number of hydrogen-bond donors (Lipinski definition) is 2. The molecule has 1 aliphatic carbocycles. The van der Waals surface area contributed by atoms with Crippen LogP contribution in [0.15, 0.2) is 20.7 Å². The zero-order valence-electron chi connectivity index (χ0n) is 19.2. The first-order chi connectivity index (χ1) is 14.8. The van der Waals surface area contributed by atoms with Crippen molar-refractivity contribution in [3.8, 4) is 0 Å². The molecule has 1 atom stereocenters. The van der Waals surface area contributed by atoms with Gasteiger partial charge in [-0.2, -0.15) is 27.0 Å². The molecule has 3 N–H and O–H groups in total. The molecule has 1 aliphatic rings. The maximum atomic E-state index is 15.0. The SMILES string of the molecule is S.S.[C-]#[N+]c1cc(C2CC2)c(CC(=O)N=S(N)(=O)c2sc(C(C)(C)O)cc2F)c(C(C)C)c1F. The fourth-order valence-corrected chi connectivity index (χ4v) is 6.01. The summed E-state index contributed by atoms with van der Waals surface area (Å²) in [5.41, 5.74) is -0.0539. The zero-order valence-corrected chi connectivity index (χ0v) is 22.9. The van der Waals surface area contributed by atoms with Gasteiger partial charge in [-0.1, -0.05) is 19.4 Å². The number of amides is 1. The Hall–Kier alpha value is -1.49. The lowest BCUT2D eigenvalue weighted by molar-refractivity contribution is -0.117. The molecule has 12 heteroatoms. The monoisotopic (exact) mass is 549 g/mol. The Morgan fingerprint density at radius 2 is 1.94 bits per heavy atom. The number of hydrogen-bond acceptors (Lipinski definition) is 4. The lowest BCUT2D eigenvalue weighted by Gasteiger charge is -2.19. The van der Waals surface area contributed by atoms with Crippen LogP contribution in [0.5, 0.6) is 0 Å². The molecule has 0 spiro atoms. The molecule has 1 heterocycles. The van der Waals surface area contributed by atoms with Crippen molar-refractivity contribution in [3.63, 3.8) is 0 Å². The van der Waals surface area contributed by atoms with Crippen LogP contribution in [0.25, 0.3) is 4.85 Å². The molecule has 34 heavy (non-hydrogen) atoms. The van der Waals surface area contributed by atoms with Crippen molar-refractivity contribution in [1.82, 2.24) is 0 Å². The molecule has 1 fully saturated rings. The molecule has 3 rings (SSSR count). The molecule has 0 saturated heterocycles. The highest BCUT2D eigenvalue weighted by Gasteiger charge is 2.32. The smallest absolute Gasteiger partial charge is 0.259 e. The van der Waals surface area contributed by atoms with Gasteiger partial charge in [-0.05, 0) is 61.8 Å². The van der Waals surface area contributed by atoms with Crippen LogP contribution in [0.1, 0.15) is 73.9 Å². The maximum absolute atomic E-state index is 15.0. The molecule has 0 aliphatic heterocycles. The van der Waals surface area contributed by atoms with Gasteiger partial charge < -0.3 is 5.11 Å². The van der Waals surface area contributed by atoms with Gasteiger partial charge in [0.05, 0.1) is 18.6 Å². The van der Waals surface area contributed by atoms with Gasteiger partial charge in [0.15, 0.2) is 19.9 Å². The van der Waals surface area contributed by atoms with Crippen molar-refractivity contribution in [2.75, 3.05) is 0 Å². The van der Waals surface area contributed by atoms with Crippen LogP contribution in [-0.4, -0.2) is 15.2 Å². The van der Waals surface area contributed by atoms with Crippen molar-refractivity contribution in [2.45, 2.75) is 68.6 Å². The number of thiophene rings is 1. The van der Waals surface area contributed by atoms with Crippen molar-refractivity contribution >= 4 is 59.8 Å². The van der Waals surface area contributed by atoms with E-state index in [0.717, 1.165) is 24.5 Å². The predicted octanol–water partition coefficient (Wildman–Crippen LogP) is 5.50. The van der Waals surface area contributed by atoms with Crippen LogP contribution in [0.2, 0.25) is 0 Å². The Labute approximate surface area is 217 Å². The minimum atomic E-state index is -3.91. The molecule has 1 aromatic heterocycles. The number of carbonyl (C=O) groups excluding carboxylic acids is 1. The molecule has 1 amide bonds. The van der Waals surface area contributed by atoms with Gasteiger partial charge in [0.2, 0.25) is 5.69 Å². The Balaban J connectivity index is 0.00000289. The van der Waals surface area contributed by atoms with E-state index in [1.54, 1.807) is 13.8 Å². The third-order valence-corrected chi connectivity index (χ3v) is 8.62. The fourth-order valence-electron chi connectivity index (χ4n) is 3.59. The van der Waals surface area contributed by atoms with Crippen LogP contribution < -0.4 is 5.14 Å². The first-order valence-electron chi connectivity index (χ1n) is 10.1. The van der Waals surface area contributed by atoms with Crippen LogP contribution in [-0.2, 0) is 26.7 Å². The van der Waals surface area contributed by atoms with E-state index in [0.29, 0.717) is 16.9 Å². The lowest BCUT2D eigenvalue weighted by Crippen LogP contribution is -2.17. The molecule has 1 saturated carbocycles. The maximum Gasteiger partial charge on any atom is 0.259 e. The third-order valence-electron chi connectivity index (χ3n) is 5.23. The molecule has 6 nitrogen and oxygen atoms in total. The second-order valence-electron chi connectivity index (χ2n) is 8.77. The van der Waals surface area contributed by atoms with Crippen LogP contribution >= 0.6 is 38.3 Å². The van der Waals surface area contributed by atoms with E-state index >= 15 is 0 Å². The summed E-state index contributed by atoms with van der Waals surface area (Å²) in [4.78, 5) is 16.2. The number of aliphatic hydroxyl groups is 1. The van der Waals surface area contributed by atoms with E-state index in [1.165, 1.54) is 19.9 Å². The summed E-state index contributed by atoms with van der Waals surface area (Å²) in [5.74, 6) is -2.63. The van der Waals surface area contributed by atoms with Crippen LogP contribution in [0.4, 0.5) is 14.5 Å². The largest absolute Gasteiger partial charge is 0.385 e. The van der Waals surface area contributed by atoms with Crippen LogP contribution in [0.3, 0.4) is 0 Å². The summed E-state index contributed by atoms with van der Waals surface area (Å²) in [6.07, 6.45) is 1.38. The van der Waals surface area contributed by atoms with Gasteiger partial charge in [0, 0.05) is 4.88 Å². The van der Waals surface area contributed by atoms with Gasteiger partial charge in [0.1, 0.15) is 5.82 Å². The van der Waals surface area contributed by atoms with Crippen molar-refractivity contribution in [3.05, 3.63) is 56.8 Å². The minimum absolute atomic E-state index is 0. The number of nitrogens with two attached hydrogens (primary N) is 1. The standard InChI is InChI=1S/C22H25F2N3O3S2.2H2S/c1-11(2)19-14(13(12-6-7-12)8-16(26-5)20(19)24)9-18(28)27-32(25,30)21-15(23)10-17(31-21)22(3,4)29;;/h8,10-12,29H,6-7,9H2,1-4H3,(H2,25,27,28,30);2*1H2. The van der Waals surface area contributed by atoms with Crippen molar-refractivity contribution < 1.29 is 22.9 Å². The summed E-state index contributed by atoms with van der Waals surface area (Å²) >= 11 is 0.690. The Morgan fingerprint density at radius 3 is 2.38 bits per heavy atom. The Bertz CT molecular complexity index is 1250. The molecule has 0 bridgehead atoms. The zero-order chi connectivity index (χ0) is 24.0. The molecule has 188 valence electrons.